The van der Waals surface area contributed by atoms with Crippen LogP contribution >= 0.6 is 0 Å². The molecule has 100 valence electrons. The molecule has 0 aromatic carbocycles. The lowest BCUT2D eigenvalue weighted by Crippen LogP contribution is -2.47. The molecule has 0 radical (unpaired) electrons. The molecule has 17 heavy (non-hydrogen) atoms. The van der Waals surface area contributed by atoms with Crippen LogP contribution in [0.25, 0.3) is 0 Å². The zero-order chi connectivity index (χ0) is 13.9. The van der Waals surface area contributed by atoms with E-state index in [9.17, 15) is 26.3 Å². The highest BCUT2D eigenvalue weighted by Crippen LogP contribution is 2.35. The van der Waals surface area contributed by atoms with Crippen molar-refractivity contribution in [1.82, 2.24) is 4.90 Å². The van der Waals surface area contributed by atoms with Crippen LogP contribution in [0.3, 0.4) is 0 Å². The largest absolute Gasteiger partial charge is 0.404 e. The number of allylic oxidation sites excluding steroid dienone is 1. The topological polar surface area (TPSA) is 3.24 Å². The van der Waals surface area contributed by atoms with Gasteiger partial charge in [0.25, 0.3) is 0 Å². The standard InChI is InChI=1S/C9H14BF6N/c1-7(4-5-17(2)3)6-10(8(11,12)13)9(14,15)16/h4H,5-6H2,1-3H3/b7-4-. The summed E-state index contributed by atoms with van der Waals surface area (Å²) in [7, 11) is 3.35. The van der Waals surface area contributed by atoms with E-state index in [2.05, 4.69) is 0 Å². The molecule has 0 fully saturated rings. The predicted octanol–water partition coefficient (Wildman–Crippen LogP) is 3.19. The van der Waals surface area contributed by atoms with Crippen LogP contribution in [0, 0.1) is 0 Å². The van der Waals surface area contributed by atoms with E-state index in [4.69, 9.17) is 0 Å². The molecule has 0 rings (SSSR count). The molecule has 0 aromatic heterocycles. The maximum atomic E-state index is 12.2. The van der Waals surface area contributed by atoms with Gasteiger partial charge in [0.1, 0.15) is 0 Å². The second kappa shape index (κ2) is 5.79. The summed E-state index contributed by atoms with van der Waals surface area (Å²) in [6.07, 6.45) is -10.2. The number of nitrogens with zero attached hydrogens (tertiary/aromatic N) is 1. The first-order valence-electron chi connectivity index (χ1n) is 4.88. The molecule has 0 heterocycles. The van der Waals surface area contributed by atoms with Crippen molar-refractivity contribution in [3.63, 3.8) is 0 Å². The normalized spacial score (nSPS) is 14.4. The van der Waals surface area contributed by atoms with Gasteiger partial charge < -0.3 is 4.90 Å². The van der Waals surface area contributed by atoms with Gasteiger partial charge in [0.2, 0.25) is 0 Å². The van der Waals surface area contributed by atoms with Crippen LogP contribution in [0.5, 0.6) is 0 Å². The Labute approximate surface area is 96.5 Å². The maximum absolute atomic E-state index is 12.2. The minimum absolute atomic E-state index is 0.0818. The Morgan fingerprint density at radius 1 is 1.06 bits per heavy atom. The highest BCUT2D eigenvalue weighted by atomic mass is 19.4. The number of hydrogen-bond acceptors (Lipinski definition) is 1. The summed E-state index contributed by atoms with van der Waals surface area (Å²) in [6.45, 7) is -1.70. The molecule has 1 nitrogen and oxygen atoms in total. The van der Waals surface area contributed by atoms with Crippen LogP contribution in [0.1, 0.15) is 6.92 Å². The Hall–Kier alpha value is -0.655. The molecule has 0 aromatic rings. The molecule has 0 aliphatic rings. The van der Waals surface area contributed by atoms with Gasteiger partial charge in [-0.3, -0.25) is 0 Å². The SMILES string of the molecule is C/C(=C/CN(C)C)CB(C(F)(F)F)C(F)(F)F. The van der Waals surface area contributed by atoms with E-state index in [0.29, 0.717) is 6.54 Å². The Morgan fingerprint density at radius 3 is 1.76 bits per heavy atom. The lowest BCUT2D eigenvalue weighted by Gasteiger charge is -2.20. The lowest BCUT2D eigenvalue weighted by molar-refractivity contribution is -0.104. The van der Waals surface area contributed by atoms with Crippen molar-refractivity contribution in [2.45, 2.75) is 25.4 Å². The Kier molecular flexibility index (Phi) is 5.57. The van der Waals surface area contributed by atoms with Crippen molar-refractivity contribution in [2.75, 3.05) is 20.6 Å². The van der Waals surface area contributed by atoms with E-state index >= 15 is 0 Å². The molecule has 0 bridgehead atoms. The average molecular weight is 261 g/mol. The van der Waals surface area contributed by atoms with Crippen molar-refractivity contribution in [1.29, 1.82) is 0 Å². The first-order valence-corrected chi connectivity index (χ1v) is 4.88. The van der Waals surface area contributed by atoms with Crippen molar-refractivity contribution in [3.05, 3.63) is 11.6 Å². The highest BCUT2D eigenvalue weighted by molar-refractivity contribution is 6.63. The molecule has 0 amide bonds. The number of likely N-dealkylation sites (N-methyl/N-ethyl adjacent to an activating group) is 1. The fourth-order valence-electron chi connectivity index (χ4n) is 1.16. The summed E-state index contributed by atoms with van der Waals surface area (Å²) in [5.74, 6) is 0. The number of alkyl halides is 6. The molecule has 0 spiro atoms. The molecule has 0 saturated carbocycles. The van der Waals surface area contributed by atoms with Crippen LogP contribution in [-0.4, -0.2) is 44.4 Å². The summed E-state index contributed by atoms with van der Waals surface area (Å²) < 4.78 is 73.3. The smallest absolute Gasteiger partial charge is 0.306 e. The second-order valence-corrected chi connectivity index (χ2v) is 4.15. The third-order valence-electron chi connectivity index (χ3n) is 2.12. The van der Waals surface area contributed by atoms with E-state index in [0.717, 1.165) is 0 Å². The first-order chi connectivity index (χ1) is 7.44. The highest BCUT2D eigenvalue weighted by Gasteiger charge is 2.60. The zero-order valence-corrected chi connectivity index (χ0v) is 9.78. The van der Waals surface area contributed by atoms with Crippen molar-refractivity contribution >= 4 is 6.71 Å². The monoisotopic (exact) mass is 261 g/mol. The fourth-order valence-corrected chi connectivity index (χ4v) is 1.16. The van der Waals surface area contributed by atoms with Crippen LogP contribution in [0.15, 0.2) is 11.6 Å². The molecule has 0 aliphatic heterocycles. The second-order valence-electron chi connectivity index (χ2n) is 4.15. The van der Waals surface area contributed by atoms with E-state index in [1.807, 2.05) is 0 Å². The molecule has 8 heteroatoms. The maximum Gasteiger partial charge on any atom is 0.404 e. The summed E-state index contributed by atoms with van der Waals surface area (Å²) in [6, 6.07) is 0. The van der Waals surface area contributed by atoms with Crippen LogP contribution < -0.4 is 0 Å². The van der Waals surface area contributed by atoms with E-state index in [-0.39, 0.29) is 5.57 Å². The molecule has 0 saturated heterocycles. The summed E-state index contributed by atoms with van der Waals surface area (Å²) in [4.78, 5) is 1.65. The Bertz CT molecular complexity index is 254. The van der Waals surface area contributed by atoms with Gasteiger partial charge in [0.05, 0.1) is 0 Å². The third kappa shape index (κ3) is 6.60. The first kappa shape index (κ1) is 16.3. The fraction of sp³-hybridized carbons (Fsp3) is 0.778. The Balaban J connectivity index is 4.73. The van der Waals surface area contributed by atoms with Crippen molar-refractivity contribution in [3.8, 4) is 0 Å². The van der Waals surface area contributed by atoms with Crippen LogP contribution in [0.2, 0.25) is 6.32 Å². The van der Waals surface area contributed by atoms with Gasteiger partial charge in [-0.1, -0.05) is 11.6 Å². The van der Waals surface area contributed by atoms with Gasteiger partial charge in [-0.05, 0) is 27.3 Å². The molecular formula is C9H14BF6N. The van der Waals surface area contributed by atoms with Crippen molar-refractivity contribution < 1.29 is 26.3 Å². The van der Waals surface area contributed by atoms with Gasteiger partial charge in [0, 0.05) is 6.54 Å². The molecule has 0 unspecified atom stereocenters. The molecule has 0 atom stereocenters. The van der Waals surface area contributed by atoms with Crippen molar-refractivity contribution in [2.24, 2.45) is 0 Å². The number of halogens is 6. The van der Waals surface area contributed by atoms with Gasteiger partial charge >= 0.3 is 18.9 Å². The minimum Gasteiger partial charge on any atom is -0.306 e. The lowest BCUT2D eigenvalue weighted by atomic mass is 9.44. The Morgan fingerprint density at radius 2 is 1.47 bits per heavy atom. The average Bonchev–Trinajstić information content (AvgIpc) is 2.07. The van der Waals surface area contributed by atoms with E-state index < -0.39 is 25.2 Å². The van der Waals surface area contributed by atoms with Crippen LogP contribution in [0.4, 0.5) is 26.3 Å². The van der Waals surface area contributed by atoms with Gasteiger partial charge in [-0.15, -0.1) is 0 Å². The molecule has 0 N–H and O–H groups in total. The molecule has 0 aliphatic carbocycles. The summed E-state index contributed by atoms with van der Waals surface area (Å²) >= 11 is 0. The zero-order valence-electron chi connectivity index (χ0n) is 9.78. The van der Waals surface area contributed by atoms with E-state index in [1.165, 1.54) is 13.0 Å². The summed E-state index contributed by atoms with van der Waals surface area (Å²) in [5, 5.41) is 0. The quantitative estimate of drug-likeness (QED) is 0.426. The van der Waals surface area contributed by atoms with E-state index in [1.54, 1.807) is 19.0 Å². The minimum atomic E-state index is -5.26. The van der Waals surface area contributed by atoms with Gasteiger partial charge in [-0.25, -0.2) is 0 Å². The van der Waals surface area contributed by atoms with Gasteiger partial charge in [-0.2, -0.15) is 26.3 Å². The van der Waals surface area contributed by atoms with Gasteiger partial charge in [0.15, 0.2) is 0 Å². The number of hydrogen-bond donors (Lipinski definition) is 0. The predicted molar refractivity (Wildman–Crippen MR) is 55.0 cm³/mol. The number of rotatable bonds is 4. The summed E-state index contributed by atoms with van der Waals surface area (Å²) in [5.41, 5.74) is 0.0818. The molecular weight excluding hydrogens is 247 g/mol. The third-order valence-corrected chi connectivity index (χ3v) is 2.12. The van der Waals surface area contributed by atoms with Crippen LogP contribution in [-0.2, 0) is 0 Å².